The van der Waals surface area contributed by atoms with Gasteiger partial charge < -0.3 is 31.0 Å². The van der Waals surface area contributed by atoms with Crippen LogP contribution in [0.25, 0.3) is 5.57 Å². The maximum Gasteiger partial charge on any atom is 0.255 e. The molecule has 194 valence electrons. The van der Waals surface area contributed by atoms with Crippen LogP contribution in [-0.4, -0.2) is 50.5 Å². The van der Waals surface area contributed by atoms with Crippen molar-refractivity contribution in [2.45, 2.75) is 64.4 Å². The second kappa shape index (κ2) is 9.46. The number of aliphatic hydroxyl groups is 3. The Labute approximate surface area is 210 Å². The second-order valence-corrected chi connectivity index (χ2v) is 10.4. The number of phenolic OH excluding ortho intramolecular Hbond substituents is 1. The first-order chi connectivity index (χ1) is 16.7. The number of primary amides is 1. The average molecular weight is 499 g/mol. The van der Waals surface area contributed by atoms with Gasteiger partial charge in [0.2, 0.25) is 5.78 Å². The molecule has 0 saturated carbocycles. The number of nitrogens with zero attached hydrogens (tertiary/aromatic N) is 1. The van der Waals surface area contributed by atoms with Gasteiger partial charge in [-0.3, -0.25) is 9.59 Å². The Morgan fingerprint density at radius 3 is 2.47 bits per heavy atom. The fourth-order valence-corrected chi connectivity index (χ4v) is 5.15. The van der Waals surface area contributed by atoms with Crippen LogP contribution in [0.3, 0.4) is 0 Å². The summed E-state index contributed by atoms with van der Waals surface area (Å²) in [5, 5.41) is 48.3. The van der Waals surface area contributed by atoms with Gasteiger partial charge >= 0.3 is 0 Å². The molecule has 36 heavy (non-hydrogen) atoms. The number of hydrogen-bond acceptors (Lipinski definition) is 8. The van der Waals surface area contributed by atoms with E-state index in [1.54, 1.807) is 6.92 Å². The first kappa shape index (κ1) is 27.0. The van der Waals surface area contributed by atoms with Crippen molar-refractivity contribution in [1.82, 2.24) is 0 Å². The molecule has 0 aliphatic heterocycles. The SMILES string of the molecule is C=C1/C=C(\O)[C@]2(O)C(=O)C(C(N)=O)=C(O)C[C@@H]2CCCc2c(/C(C)=N\OC)cc(C(C)(C)C)c(O)c21. The lowest BCUT2D eigenvalue weighted by molar-refractivity contribution is -0.142. The summed E-state index contributed by atoms with van der Waals surface area (Å²) < 4.78 is 0. The number of aromatic hydroxyl groups is 1. The van der Waals surface area contributed by atoms with Crippen molar-refractivity contribution >= 4 is 23.0 Å². The van der Waals surface area contributed by atoms with Crippen molar-refractivity contribution in [2.24, 2.45) is 16.8 Å². The monoisotopic (exact) mass is 498 g/mol. The number of hydrogen-bond donors (Lipinski definition) is 5. The van der Waals surface area contributed by atoms with Crippen LogP contribution >= 0.6 is 0 Å². The molecule has 0 aromatic heterocycles. The molecule has 2 atom stereocenters. The van der Waals surface area contributed by atoms with Crippen molar-refractivity contribution in [3.05, 3.63) is 58.1 Å². The number of nitrogens with two attached hydrogens (primary N) is 1. The molecular weight excluding hydrogens is 464 g/mol. The maximum absolute atomic E-state index is 13.1. The summed E-state index contributed by atoms with van der Waals surface area (Å²) in [6.07, 6.45) is 1.93. The third kappa shape index (κ3) is 4.39. The Hall–Kier alpha value is -3.59. The van der Waals surface area contributed by atoms with Crippen molar-refractivity contribution in [2.75, 3.05) is 7.11 Å². The number of aliphatic hydroxyl groups excluding tert-OH is 2. The van der Waals surface area contributed by atoms with E-state index < -0.39 is 45.7 Å². The number of carbonyl (C=O) groups is 2. The summed E-state index contributed by atoms with van der Waals surface area (Å²) in [5.41, 5.74) is 4.74. The van der Waals surface area contributed by atoms with Gasteiger partial charge in [-0.05, 0) is 54.9 Å². The zero-order chi connectivity index (χ0) is 27.2. The molecule has 1 aromatic rings. The molecule has 1 aromatic carbocycles. The van der Waals surface area contributed by atoms with E-state index >= 15 is 0 Å². The zero-order valence-electron chi connectivity index (χ0n) is 21.3. The van der Waals surface area contributed by atoms with Crippen LogP contribution in [0.2, 0.25) is 0 Å². The number of Topliss-reactive ketones (excluding diaryl/α,β-unsaturated/α-hetero) is 1. The Morgan fingerprint density at radius 1 is 1.28 bits per heavy atom. The lowest BCUT2D eigenvalue weighted by atomic mass is 9.69. The van der Waals surface area contributed by atoms with Gasteiger partial charge in [-0.15, -0.1) is 0 Å². The van der Waals surface area contributed by atoms with Crippen LogP contribution in [0.4, 0.5) is 0 Å². The molecule has 1 amide bonds. The van der Waals surface area contributed by atoms with E-state index in [9.17, 15) is 30.0 Å². The van der Waals surface area contributed by atoms with Crippen molar-refractivity contribution in [1.29, 1.82) is 0 Å². The predicted molar refractivity (Wildman–Crippen MR) is 136 cm³/mol. The van der Waals surface area contributed by atoms with E-state index in [2.05, 4.69) is 11.7 Å². The first-order valence-corrected chi connectivity index (χ1v) is 11.7. The van der Waals surface area contributed by atoms with Crippen LogP contribution in [0.15, 0.2) is 41.0 Å². The number of allylic oxidation sites excluding steroid dienone is 3. The van der Waals surface area contributed by atoms with E-state index in [0.29, 0.717) is 29.7 Å². The molecule has 2 aliphatic rings. The van der Waals surface area contributed by atoms with Gasteiger partial charge in [-0.2, -0.15) is 0 Å². The summed E-state index contributed by atoms with van der Waals surface area (Å²) in [4.78, 5) is 30.0. The molecule has 0 bridgehead atoms. The number of ketones is 1. The number of phenols is 1. The topological polar surface area (TPSA) is 163 Å². The fourth-order valence-electron chi connectivity index (χ4n) is 5.15. The smallest absolute Gasteiger partial charge is 0.255 e. The third-order valence-electron chi connectivity index (χ3n) is 6.97. The van der Waals surface area contributed by atoms with Crippen molar-refractivity contribution in [3.8, 4) is 5.75 Å². The van der Waals surface area contributed by atoms with Crippen molar-refractivity contribution < 1.29 is 34.9 Å². The van der Waals surface area contributed by atoms with E-state index in [4.69, 9.17) is 10.6 Å². The number of rotatable bonds is 3. The summed E-state index contributed by atoms with van der Waals surface area (Å²) >= 11 is 0. The van der Waals surface area contributed by atoms with Gasteiger partial charge in [0.15, 0.2) is 5.60 Å². The summed E-state index contributed by atoms with van der Waals surface area (Å²) in [6.45, 7) is 11.6. The molecule has 0 radical (unpaired) electrons. The minimum atomic E-state index is -2.48. The van der Waals surface area contributed by atoms with Crippen LogP contribution in [-0.2, 0) is 26.3 Å². The minimum Gasteiger partial charge on any atom is -0.511 e. The highest BCUT2D eigenvalue weighted by Gasteiger charge is 2.54. The molecule has 0 saturated heterocycles. The minimum absolute atomic E-state index is 0.0324. The molecule has 9 nitrogen and oxygen atoms in total. The maximum atomic E-state index is 13.1. The average Bonchev–Trinajstić information content (AvgIpc) is 2.75. The quantitative estimate of drug-likeness (QED) is 0.242. The summed E-state index contributed by atoms with van der Waals surface area (Å²) in [6, 6.07) is 1.86. The van der Waals surface area contributed by atoms with E-state index in [-0.39, 0.29) is 24.2 Å². The highest BCUT2D eigenvalue weighted by atomic mass is 16.6. The number of oxime groups is 1. The standard InChI is InChI=1S/C27H34N2O7/c1-13-10-20(31)27(35)15(11-19(30)22(24(27)33)25(28)34)8-7-9-16-17(14(2)29-36-6)12-18(26(3,4)5)23(32)21(13)16/h10,12,15,30-32,35H,1,7-9,11H2,2-6H3,(H2,28,34)/b20-10-,29-14-/t15-,27-/m0/s1. The number of carbonyl (C=O) groups excluding carboxylic acids is 2. The number of fused-ring (bicyclic) bond motifs is 2. The van der Waals surface area contributed by atoms with Crippen LogP contribution < -0.4 is 5.73 Å². The molecule has 0 fully saturated rings. The van der Waals surface area contributed by atoms with Gasteiger partial charge in [0, 0.05) is 29.0 Å². The van der Waals surface area contributed by atoms with Crippen LogP contribution in [0, 0.1) is 5.92 Å². The predicted octanol–water partition coefficient (Wildman–Crippen LogP) is 3.47. The van der Waals surface area contributed by atoms with E-state index in [0.717, 1.165) is 17.2 Å². The molecule has 9 heteroatoms. The molecule has 3 rings (SSSR count). The van der Waals surface area contributed by atoms with E-state index in [1.165, 1.54) is 7.11 Å². The fraction of sp³-hybridized carbons (Fsp3) is 0.444. The van der Waals surface area contributed by atoms with Gasteiger partial charge in [-0.25, -0.2) is 0 Å². The zero-order valence-corrected chi connectivity index (χ0v) is 21.3. The largest absolute Gasteiger partial charge is 0.511 e. The van der Waals surface area contributed by atoms with Gasteiger partial charge in [-0.1, -0.05) is 32.5 Å². The van der Waals surface area contributed by atoms with Gasteiger partial charge in [0.05, 0.1) is 5.71 Å². The molecular formula is C27H34N2O7. The molecule has 0 heterocycles. The Bertz CT molecular complexity index is 1230. The summed E-state index contributed by atoms with van der Waals surface area (Å²) in [7, 11) is 1.44. The second-order valence-electron chi connectivity index (χ2n) is 10.4. The number of benzene rings is 1. The van der Waals surface area contributed by atoms with Gasteiger partial charge in [0.1, 0.15) is 30.0 Å². The van der Waals surface area contributed by atoms with E-state index in [1.807, 2.05) is 26.8 Å². The summed E-state index contributed by atoms with van der Waals surface area (Å²) in [5.74, 6) is -4.56. The normalized spacial score (nSPS) is 25.0. The number of amides is 1. The third-order valence-corrected chi connectivity index (χ3v) is 6.97. The van der Waals surface area contributed by atoms with Crippen molar-refractivity contribution in [3.63, 3.8) is 0 Å². The van der Waals surface area contributed by atoms with Crippen LogP contribution in [0.5, 0.6) is 5.75 Å². The molecule has 0 unspecified atom stereocenters. The molecule has 6 N–H and O–H groups in total. The lowest BCUT2D eigenvalue weighted by Crippen LogP contribution is -2.53. The Balaban J connectivity index is 2.32. The molecule has 2 aliphatic carbocycles. The Morgan fingerprint density at radius 2 is 1.92 bits per heavy atom. The lowest BCUT2D eigenvalue weighted by Gasteiger charge is -2.38. The highest BCUT2D eigenvalue weighted by Crippen LogP contribution is 2.45. The van der Waals surface area contributed by atoms with Crippen LogP contribution in [0.1, 0.15) is 69.2 Å². The highest BCUT2D eigenvalue weighted by molar-refractivity contribution is 6.23. The molecule has 0 spiro atoms. The Kier molecular flexibility index (Phi) is 7.10. The first-order valence-electron chi connectivity index (χ1n) is 11.7. The van der Waals surface area contributed by atoms with Gasteiger partial charge in [0.25, 0.3) is 5.91 Å².